The van der Waals surface area contributed by atoms with E-state index in [0.29, 0.717) is 30.3 Å². The summed E-state index contributed by atoms with van der Waals surface area (Å²) >= 11 is 0. The molecule has 3 rings (SSSR count). The van der Waals surface area contributed by atoms with Crippen LogP contribution in [0.25, 0.3) is 0 Å². The van der Waals surface area contributed by atoms with Crippen LogP contribution >= 0.6 is 0 Å². The van der Waals surface area contributed by atoms with Crippen molar-refractivity contribution in [1.29, 1.82) is 0 Å². The van der Waals surface area contributed by atoms with Crippen molar-refractivity contribution in [3.05, 3.63) is 36.2 Å². The third-order valence-corrected chi connectivity index (χ3v) is 5.68. The molecular weight excluding hydrogens is 392 g/mol. The second-order valence-corrected chi connectivity index (χ2v) is 8.16. The number of hydrogen-bond donors (Lipinski definition) is 0. The molecule has 168 valence electrons. The Balaban J connectivity index is 1.61. The number of carbonyl (C=O) groups excluding carboxylic acids is 1. The lowest BCUT2D eigenvalue weighted by Crippen LogP contribution is -2.54. The first-order valence-electron chi connectivity index (χ1n) is 11.2. The molecule has 7 heteroatoms. The number of unbranched alkanes of at least 4 members (excludes halogenated alkanes) is 3. The SMILES string of the molecule is CCCCCCC(=O)N1CCN(c2cc(Oc3ccc(C)cc3OC)ncn2)CC1C. The summed E-state index contributed by atoms with van der Waals surface area (Å²) in [6.45, 7) is 8.49. The summed E-state index contributed by atoms with van der Waals surface area (Å²) in [5, 5.41) is 0. The summed E-state index contributed by atoms with van der Waals surface area (Å²) in [4.78, 5) is 25.5. The highest BCUT2D eigenvalue weighted by molar-refractivity contribution is 5.76. The van der Waals surface area contributed by atoms with E-state index < -0.39 is 0 Å². The van der Waals surface area contributed by atoms with E-state index in [9.17, 15) is 4.79 Å². The summed E-state index contributed by atoms with van der Waals surface area (Å²) in [5.74, 6) is 2.82. The Labute approximate surface area is 185 Å². The minimum Gasteiger partial charge on any atom is -0.493 e. The Morgan fingerprint density at radius 2 is 1.97 bits per heavy atom. The first kappa shape index (κ1) is 22.8. The number of benzene rings is 1. The predicted molar refractivity (Wildman–Crippen MR) is 122 cm³/mol. The maximum atomic E-state index is 12.6. The van der Waals surface area contributed by atoms with Crippen LogP contribution in [0.15, 0.2) is 30.6 Å². The largest absolute Gasteiger partial charge is 0.493 e. The maximum absolute atomic E-state index is 12.6. The van der Waals surface area contributed by atoms with Gasteiger partial charge in [0.1, 0.15) is 12.1 Å². The standard InChI is InChI=1S/C24H34N4O3/c1-5-6-7-8-9-24(29)28-13-12-27(16-19(28)3)22-15-23(26-17-25-22)31-20-11-10-18(2)14-21(20)30-4/h10-11,14-15,17,19H,5-9,12-13,16H2,1-4H3. The van der Waals surface area contributed by atoms with Gasteiger partial charge >= 0.3 is 0 Å². The first-order chi connectivity index (χ1) is 15.0. The van der Waals surface area contributed by atoms with Crippen LogP contribution in [0.4, 0.5) is 5.82 Å². The number of aromatic nitrogens is 2. The molecule has 1 unspecified atom stereocenters. The lowest BCUT2D eigenvalue weighted by molar-refractivity contribution is -0.133. The molecule has 1 fully saturated rings. The average molecular weight is 427 g/mol. The Kier molecular flexibility index (Phi) is 8.09. The molecular formula is C24H34N4O3. The molecule has 1 aromatic carbocycles. The van der Waals surface area contributed by atoms with Gasteiger partial charge in [0.05, 0.1) is 7.11 Å². The quantitative estimate of drug-likeness (QED) is 0.546. The van der Waals surface area contributed by atoms with Gasteiger partial charge in [0.25, 0.3) is 0 Å². The molecule has 0 N–H and O–H groups in total. The minimum absolute atomic E-state index is 0.143. The summed E-state index contributed by atoms with van der Waals surface area (Å²) in [5.41, 5.74) is 1.10. The summed E-state index contributed by atoms with van der Waals surface area (Å²) in [6.07, 6.45) is 6.66. The van der Waals surface area contributed by atoms with Gasteiger partial charge < -0.3 is 19.3 Å². The van der Waals surface area contributed by atoms with E-state index in [1.54, 1.807) is 7.11 Å². The lowest BCUT2D eigenvalue weighted by atomic mass is 10.1. The Hall–Kier alpha value is -2.83. The van der Waals surface area contributed by atoms with Crippen LogP contribution in [0.1, 0.15) is 51.5 Å². The summed E-state index contributed by atoms with van der Waals surface area (Å²) < 4.78 is 11.4. The van der Waals surface area contributed by atoms with Crippen molar-refractivity contribution in [2.45, 2.75) is 58.9 Å². The third-order valence-electron chi connectivity index (χ3n) is 5.68. The molecule has 31 heavy (non-hydrogen) atoms. The van der Waals surface area contributed by atoms with E-state index in [4.69, 9.17) is 9.47 Å². The van der Waals surface area contributed by atoms with E-state index in [1.165, 1.54) is 19.2 Å². The van der Waals surface area contributed by atoms with Crippen LogP contribution in [-0.2, 0) is 4.79 Å². The van der Waals surface area contributed by atoms with Gasteiger partial charge in [-0.1, -0.05) is 32.3 Å². The Morgan fingerprint density at radius 1 is 1.13 bits per heavy atom. The van der Waals surface area contributed by atoms with Gasteiger partial charge in [0, 0.05) is 38.2 Å². The lowest BCUT2D eigenvalue weighted by Gasteiger charge is -2.40. The fourth-order valence-corrected chi connectivity index (χ4v) is 3.91. The molecule has 2 heterocycles. The molecule has 1 aliphatic heterocycles. The van der Waals surface area contributed by atoms with Gasteiger partial charge in [-0.15, -0.1) is 0 Å². The molecule has 0 bridgehead atoms. The molecule has 1 amide bonds. The molecule has 0 aliphatic carbocycles. The fraction of sp³-hybridized carbons (Fsp3) is 0.542. The predicted octanol–water partition coefficient (Wildman–Crippen LogP) is 4.59. The van der Waals surface area contributed by atoms with Crippen LogP contribution < -0.4 is 14.4 Å². The van der Waals surface area contributed by atoms with Gasteiger partial charge in [-0.3, -0.25) is 4.79 Å². The van der Waals surface area contributed by atoms with E-state index in [1.807, 2.05) is 36.1 Å². The van der Waals surface area contributed by atoms with E-state index in [2.05, 4.69) is 28.7 Å². The zero-order valence-corrected chi connectivity index (χ0v) is 19.1. The van der Waals surface area contributed by atoms with E-state index >= 15 is 0 Å². The Morgan fingerprint density at radius 3 is 2.71 bits per heavy atom. The van der Waals surface area contributed by atoms with Crippen molar-refractivity contribution in [3.8, 4) is 17.4 Å². The number of carbonyl (C=O) groups is 1. The van der Waals surface area contributed by atoms with Crippen molar-refractivity contribution in [1.82, 2.24) is 14.9 Å². The van der Waals surface area contributed by atoms with Gasteiger partial charge in [-0.25, -0.2) is 9.97 Å². The van der Waals surface area contributed by atoms with Crippen LogP contribution in [0.5, 0.6) is 17.4 Å². The molecule has 7 nitrogen and oxygen atoms in total. The molecule has 1 saturated heterocycles. The topological polar surface area (TPSA) is 67.8 Å². The number of piperazine rings is 1. The van der Waals surface area contributed by atoms with Crippen molar-refractivity contribution < 1.29 is 14.3 Å². The van der Waals surface area contributed by atoms with E-state index in [0.717, 1.165) is 37.3 Å². The first-order valence-corrected chi connectivity index (χ1v) is 11.2. The fourth-order valence-electron chi connectivity index (χ4n) is 3.91. The van der Waals surface area contributed by atoms with Gasteiger partial charge in [-0.05, 0) is 38.0 Å². The van der Waals surface area contributed by atoms with Crippen molar-refractivity contribution >= 4 is 11.7 Å². The molecule has 0 saturated carbocycles. The van der Waals surface area contributed by atoms with E-state index in [-0.39, 0.29) is 11.9 Å². The van der Waals surface area contributed by atoms with Crippen molar-refractivity contribution in [2.24, 2.45) is 0 Å². The number of anilines is 1. The number of rotatable bonds is 9. The third kappa shape index (κ3) is 6.09. The monoisotopic (exact) mass is 426 g/mol. The molecule has 1 aromatic heterocycles. The Bertz CT molecular complexity index is 874. The maximum Gasteiger partial charge on any atom is 0.224 e. The van der Waals surface area contributed by atoms with Crippen LogP contribution in [0.3, 0.4) is 0 Å². The van der Waals surface area contributed by atoms with Crippen LogP contribution in [0, 0.1) is 6.92 Å². The average Bonchev–Trinajstić information content (AvgIpc) is 2.78. The zero-order chi connectivity index (χ0) is 22.2. The highest BCUT2D eigenvalue weighted by Crippen LogP contribution is 2.32. The second-order valence-electron chi connectivity index (χ2n) is 8.16. The number of methoxy groups -OCH3 is 1. The summed E-state index contributed by atoms with van der Waals surface area (Å²) in [6, 6.07) is 7.76. The molecule has 0 spiro atoms. The smallest absolute Gasteiger partial charge is 0.224 e. The number of aryl methyl sites for hydroxylation is 1. The second kappa shape index (κ2) is 11.0. The minimum atomic E-state index is 0.143. The molecule has 0 radical (unpaired) electrons. The molecule has 1 atom stereocenters. The highest BCUT2D eigenvalue weighted by atomic mass is 16.5. The number of ether oxygens (including phenoxy) is 2. The van der Waals surface area contributed by atoms with Gasteiger partial charge in [0.2, 0.25) is 11.8 Å². The molecule has 2 aromatic rings. The highest BCUT2D eigenvalue weighted by Gasteiger charge is 2.28. The number of amides is 1. The van der Waals surface area contributed by atoms with Crippen LogP contribution in [-0.4, -0.2) is 53.6 Å². The number of nitrogens with zero attached hydrogens (tertiary/aromatic N) is 4. The number of hydrogen-bond acceptors (Lipinski definition) is 6. The summed E-state index contributed by atoms with van der Waals surface area (Å²) in [7, 11) is 1.62. The normalized spacial score (nSPS) is 16.3. The zero-order valence-electron chi connectivity index (χ0n) is 19.1. The van der Waals surface area contributed by atoms with Crippen molar-refractivity contribution in [3.63, 3.8) is 0 Å². The van der Waals surface area contributed by atoms with Crippen LogP contribution in [0.2, 0.25) is 0 Å². The molecule has 1 aliphatic rings. The van der Waals surface area contributed by atoms with Gasteiger partial charge in [0.15, 0.2) is 11.5 Å². The van der Waals surface area contributed by atoms with Gasteiger partial charge in [-0.2, -0.15) is 0 Å². The van der Waals surface area contributed by atoms with Crippen molar-refractivity contribution in [2.75, 3.05) is 31.6 Å².